The van der Waals surface area contributed by atoms with Crippen molar-refractivity contribution in [2.75, 3.05) is 6.54 Å². The normalized spacial score (nSPS) is 19.1. The Labute approximate surface area is 103 Å². The van der Waals surface area contributed by atoms with Crippen molar-refractivity contribution in [3.8, 4) is 0 Å². The van der Waals surface area contributed by atoms with Crippen molar-refractivity contribution in [2.24, 2.45) is 11.8 Å². The van der Waals surface area contributed by atoms with E-state index in [0.717, 1.165) is 23.6 Å². The lowest BCUT2D eigenvalue weighted by atomic mass is 9.90. The smallest absolute Gasteiger partial charge is 0.126 e. The Morgan fingerprint density at radius 1 is 1.41 bits per heavy atom. The van der Waals surface area contributed by atoms with Gasteiger partial charge in [-0.2, -0.15) is 0 Å². The lowest BCUT2D eigenvalue weighted by molar-refractivity contribution is 0.354. The van der Waals surface area contributed by atoms with Crippen molar-refractivity contribution >= 4 is 0 Å². The van der Waals surface area contributed by atoms with Gasteiger partial charge in [0.2, 0.25) is 0 Å². The van der Waals surface area contributed by atoms with E-state index < -0.39 is 0 Å². The summed E-state index contributed by atoms with van der Waals surface area (Å²) in [7, 11) is 0. The van der Waals surface area contributed by atoms with Crippen LogP contribution in [0.3, 0.4) is 0 Å². The molecule has 1 aliphatic rings. The molecule has 0 aliphatic heterocycles. The fourth-order valence-corrected chi connectivity index (χ4v) is 2.52. The number of aryl methyl sites for hydroxylation is 1. The molecule has 94 valence electrons. The fourth-order valence-electron chi connectivity index (χ4n) is 2.52. The molecule has 1 N–H and O–H groups in total. The molecule has 17 heavy (non-hydrogen) atoms. The van der Waals surface area contributed by atoms with Gasteiger partial charge >= 0.3 is 0 Å². The topological polar surface area (TPSA) is 12.0 Å². The van der Waals surface area contributed by atoms with Gasteiger partial charge < -0.3 is 5.32 Å². The van der Waals surface area contributed by atoms with Crippen LogP contribution in [0, 0.1) is 24.6 Å². The summed E-state index contributed by atoms with van der Waals surface area (Å²) in [5.41, 5.74) is 1.82. The monoisotopic (exact) mass is 235 g/mol. The van der Waals surface area contributed by atoms with E-state index in [2.05, 4.69) is 25.2 Å². The predicted molar refractivity (Wildman–Crippen MR) is 69.4 cm³/mol. The third-order valence-corrected chi connectivity index (χ3v) is 3.87. The number of hydrogen-bond donors (Lipinski definition) is 1. The molecule has 2 heteroatoms. The van der Waals surface area contributed by atoms with E-state index in [1.165, 1.54) is 12.8 Å². The highest BCUT2D eigenvalue weighted by molar-refractivity contribution is 5.26. The Hall–Kier alpha value is -0.890. The third kappa shape index (κ3) is 2.86. The van der Waals surface area contributed by atoms with Gasteiger partial charge in [0.15, 0.2) is 0 Å². The van der Waals surface area contributed by atoms with Gasteiger partial charge in [0.25, 0.3) is 0 Å². The Kier molecular flexibility index (Phi) is 3.82. The van der Waals surface area contributed by atoms with Crippen LogP contribution in [0.25, 0.3) is 0 Å². The first kappa shape index (κ1) is 12.6. The lowest BCUT2D eigenvalue weighted by Crippen LogP contribution is -2.28. The van der Waals surface area contributed by atoms with Crippen molar-refractivity contribution < 1.29 is 4.39 Å². The maximum absolute atomic E-state index is 13.6. The molecule has 0 radical (unpaired) electrons. The van der Waals surface area contributed by atoms with Gasteiger partial charge in [-0.15, -0.1) is 0 Å². The Morgan fingerprint density at radius 2 is 2.12 bits per heavy atom. The zero-order chi connectivity index (χ0) is 12.4. The van der Waals surface area contributed by atoms with E-state index >= 15 is 0 Å². The lowest BCUT2D eigenvalue weighted by Gasteiger charge is -2.25. The average Bonchev–Trinajstić information content (AvgIpc) is 3.13. The van der Waals surface area contributed by atoms with Gasteiger partial charge in [-0.05, 0) is 55.3 Å². The van der Waals surface area contributed by atoms with Crippen LogP contribution >= 0.6 is 0 Å². The fraction of sp³-hybridized carbons (Fsp3) is 0.600. The summed E-state index contributed by atoms with van der Waals surface area (Å²) in [5.74, 6) is 1.33. The van der Waals surface area contributed by atoms with Crippen LogP contribution in [-0.4, -0.2) is 6.54 Å². The number of halogens is 1. The van der Waals surface area contributed by atoms with Crippen molar-refractivity contribution in [3.63, 3.8) is 0 Å². The van der Waals surface area contributed by atoms with Crippen LogP contribution in [0.2, 0.25) is 0 Å². The molecule has 0 spiro atoms. The van der Waals surface area contributed by atoms with E-state index in [1.54, 1.807) is 6.07 Å². The van der Waals surface area contributed by atoms with Crippen LogP contribution < -0.4 is 5.32 Å². The first-order chi connectivity index (χ1) is 8.13. The number of nitrogens with one attached hydrogen (secondary N) is 1. The molecule has 0 amide bonds. The van der Waals surface area contributed by atoms with Crippen LogP contribution in [0.1, 0.15) is 43.9 Å². The summed E-state index contributed by atoms with van der Waals surface area (Å²) in [5, 5.41) is 3.50. The van der Waals surface area contributed by atoms with E-state index in [-0.39, 0.29) is 5.82 Å². The van der Waals surface area contributed by atoms with Crippen molar-refractivity contribution in [2.45, 2.75) is 39.7 Å². The van der Waals surface area contributed by atoms with Gasteiger partial charge in [0.1, 0.15) is 5.82 Å². The van der Waals surface area contributed by atoms with Crippen molar-refractivity contribution in [3.05, 3.63) is 35.1 Å². The average molecular weight is 235 g/mol. The molecule has 1 saturated carbocycles. The van der Waals surface area contributed by atoms with Gasteiger partial charge in [0.05, 0.1) is 0 Å². The highest BCUT2D eigenvalue weighted by Crippen LogP contribution is 2.42. The zero-order valence-electron chi connectivity index (χ0n) is 11.0. The van der Waals surface area contributed by atoms with Crippen molar-refractivity contribution in [1.82, 2.24) is 5.32 Å². The summed E-state index contributed by atoms with van der Waals surface area (Å²) in [4.78, 5) is 0. The van der Waals surface area contributed by atoms with Gasteiger partial charge in [0, 0.05) is 6.04 Å². The van der Waals surface area contributed by atoms with Crippen molar-refractivity contribution in [1.29, 1.82) is 0 Å². The molecule has 1 aromatic rings. The van der Waals surface area contributed by atoms with E-state index in [0.29, 0.717) is 12.0 Å². The van der Waals surface area contributed by atoms with Crippen LogP contribution in [-0.2, 0) is 0 Å². The molecule has 1 aromatic carbocycles. The summed E-state index contributed by atoms with van der Waals surface area (Å²) in [6, 6.07) is 5.93. The molecule has 1 fully saturated rings. The standard InChI is InChI=1S/C15H22FN/c1-4-17-15(11(3)12-7-8-12)13-6-5-10(2)14(16)9-13/h5-6,9,11-12,15,17H,4,7-8H2,1-3H3. The second-order valence-electron chi connectivity index (χ2n) is 5.24. The van der Waals surface area contributed by atoms with E-state index in [1.807, 2.05) is 13.0 Å². The summed E-state index contributed by atoms with van der Waals surface area (Å²) >= 11 is 0. The molecule has 0 heterocycles. The third-order valence-electron chi connectivity index (χ3n) is 3.87. The second kappa shape index (κ2) is 5.18. The molecular weight excluding hydrogens is 213 g/mol. The number of benzene rings is 1. The Balaban J connectivity index is 2.21. The molecule has 2 atom stereocenters. The maximum atomic E-state index is 13.6. The van der Waals surface area contributed by atoms with E-state index in [4.69, 9.17) is 0 Å². The predicted octanol–water partition coefficient (Wildman–Crippen LogP) is 3.83. The summed E-state index contributed by atoms with van der Waals surface area (Å²) in [6.45, 7) is 7.13. The molecule has 0 saturated heterocycles. The molecule has 1 aliphatic carbocycles. The van der Waals surface area contributed by atoms with Crippen LogP contribution in [0.15, 0.2) is 18.2 Å². The molecular formula is C15H22FN. The highest BCUT2D eigenvalue weighted by Gasteiger charge is 2.33. The molecule has 2 unspecified atom stereocenters. The van der Waals surface area contributed by atoms with E-state index in [9.17, 15) is 4.39 Å². The maximum Gasteiger partial charge on any atom is 0.126 e. The molecule has 1 nitrogen and oxygen atoms in total. The Morgan fingerprint density at radius 3 is 2.65 bits per heavy atom. The summed E-state index contributed by atoms with van der Waals surface area (Å²) in [6.07, 6.45) is 2.66. The zero-order valence-corrected chi connectivity index (χ0v) is 11.0. The minimum atomic E-state index is -0.0894. The van der Waals surface area contributed by atoms with Gasteiger partial charge in [-0.1, -0.05) is 26.0 Å². The minimum absolute atomic E-state index is 0.0894. The molecule has 2 rings (SSSR count). The Bertz CT molecular complexity index is 385. The largest absolute Gasteiger partial charge is 0.310 e. The number of rotatable bonds is 5. The molecule has 0 aromatic heterocycles. The first-order valence-corrected chi connectivity index (χ1v) is 6.63. The SMILES string of the molecule is CCNC(c1ccc(C)c(F)c1)C(C)C1CC1. The highest BCUT2D eigenvalue weighted by atomic mass is 19.1. The van der Waals surface area contributed by atoms with Crippen LogP contribution in [0.4, 0.5) is 4.39 Å². The van der Waals surface area contributed by atoms with Gasteiger partial charge in [-0.3, -0.25) is 0 Å². The summed E-state index contributed by atoms with van der Waals surface area (Å²) < 4.78 is 13.6. The molecule has 0 bridgehead atoms. The van der Waals surface area contributed by atoms with Crippen LogP contribution in [0.5, 0.6) is 0 Å². The number of hydrogen-bond acceptors (Lipinski definition) is 1. The first-order valence-electron chi connectivity index (χ1n) is 6.63. The quantitative estimate of drug-likeness (QED) is 0.818. The second-order valence-corrected chi connectivity index (χ2v) is 5.24. The minimum Gasteiger partial charge on any atom is -0.310 e. The van der Waals surface area contributed by atoms with Gasteiger partial charge in [-0.25, -0.2) is 4.39 Å².